The third-order valence-corrected chi connectivity index (χ3v) is 4.53. The van der Waals surface area contributed by atoms with E-state index in [4.69, 9.17) is 4.74 Å². The Morgan fingerprint density at radius 1 is 1.24 bits per heavy atom. The van der Waals surface area contributed by atoms with Gasteiger partial charge in [0.2, 0.25) is 0 Å². The summed E-state index contributed by atoms with van der Waals surface area (Å²) in [6.45, 7) is 5.96. The number of carbonyl (C=O) groups excluding carboxylic acids is 1. The first-order valence-corrected chi connectivity index (χ1v) is 8.88. The van der Waals surface area contributed by atoms with Crippen LogP contribution in [0.5, 0.6) is 5.75 Å². The molecule has 0 aliphatic carbocycles. The van der Waals surface area contributed by atoms with Crippen LogP contribution in [0.1, 0.15) is 12.5 Å². The van der Waals surface area contributed by atoms with Gasteiger partial charge in [-0.1, -0.05) is 36.9 Å². The molecule has 3 rings (SSSR count). The van der Waals surface area contributed by atoms with E-state index in [1.165, 1.54) is 5.01 Å². The number of nitrogens with zero attached hydrogens (tertiary/aromatic N) is 2. The molecule has 0 saturated carbocycles. The maximum Gasteiger partial charge on any atom is 0.280 e. The molecule has 2 aromatic rings. The third kappa shape index (κ3) is 3.82. The first-order chi connectivity index (χ1) is 12.1. The summed E-state index contributed by atoms with van der Waals surface area (Å²) < 4.78 is 6.56. The number of amides is 1. The Morgan fingerprint density at radius 2 is 2.00 bits per heavy atom. The number of hydrogen-bond donors (Lipinski definition) is 0. The van der Waals surface area contributed by atoms with Gasteiger partial charge in [0.25, 0.3) is 5.91 Å². The summed E-state index contributed by atoms with van der Waals surface area (Å²) in [5.41, 5.74) is 3.00. The van der Waals surface area contributed by atoms with Crippen molar-refractivity contribution in [2.45, 2.75) is 6.92 Å². The number of para-hydroxylation sites is 1. The minimum atomic E-state index is -0.120. The molecule has 0 bridgehead atoms. The highest BCUT2D eigenvalue weighted by Gasteiger charge is 2.28. The van der Waals surface area contributed by atoms with Crippen molar-refractivity contribution in [2.75, 3.05) is 11.6 Å². The topological polar surface area (TPSA) is 41.9 Å². The van der Waals surface area contributed by atoms with Crippen molar-refractivity contribution in [3.63, 3.8) is 0 Å². The molecule has 1 amide bonds. The van der Waals surface area contributed by atoms with Gasteiger partial charge in [-0.15, -0.1) is 0 Å². The molecule has 0 saturated heterocycles. The maximum atomic E-state index is 12.7. The quantitative estimate of drug-likeness (QED) is 0.383. The van der Waals surface area contributed by atoms with Crippen LogP contribution in [0.4, 0.5) is 5.69 Å². The zero-order chi connectivity index (χ0) is 17.8. The van der Waals surface area contributed by atoms with Crippen LogP contribution in [-0.2, 0) is 4.79 Å². The lowest BCUT2D eigenvalue weighted by molar-refractivity contribution is -0.114. The minimum Gasteiger partial charge on any atom is -0.488 e. The van der Waals surface area contributed by atoms with Crippen LogP contribution in [0.3, 0.4) is 0 Å². The number of carbonyl (C=O) groups is 1. The van der Waals surface area contributed by atoms with E-state index in [1.54, 1.807) is 6.08 Å². The maximum absolute atomic E-state index is 12.7. The van der Waals surface area contributed by atoms with Crippen LogP contribution < -0.4 is 9.75 Å². The van der Waals surface area contributed by atoms with Crippen molar-refractivity contribution in [1.82, 2.24) is 0 Å². The van der Waals surface area contributed by atoms with Crippen LogP contribution in [0.2, 0.25) is 0 Å². The zero-order valence-corrected chi connectivity index (χ0v) is 15.9. The van der Waals surface area contributed by atoms with Crippen molar-refractivity contribution in [1.29, 1.82) is 0 Å². The number of hydrazone groups is 1. The van der Waals surface area contributed by atoms with Gasteiger partial charge in [-0.3, -0.25) is 4.79 Å². The van der Waals surface area contributed by atoms with E-state index in [0.29, 0.717) is 17.9 Å². The standard InChI is InChI=1S/C20H17IN2O2/c1-3-11-25-19-10-9-15(13-18(19)21)12-17-14(2)22-23(20(17)24)16-7-5-4-6-8-16/h3-10,12-13H,1,11H2,2H3/b17-12+. The molecule has 0 unspecified atom stereocenters. The van der Waals surface area contributed by atoms with Crippen LogP contribution >= 0.6 is 22.6 Å². The molecule has 0 aromatic heterocycles. The number of hydrogen-bond acceptors (Lipinski definition) is 3. The SMILES string of the molecule is C=CCOc1ccc(/C=C2/C(=O)N(c3ccccc3)N=C2C)cc1I. The summed E-state index contributed by atoms with van der Waals surface area (Å²) in [5.74, 6) is 0.683. The number of anilines is 1. The highest BCUT2D eigenvalue weighted by atomic mass is 127. The van der Waals surface area contributed by atoms with Crippen LogP contribution in [-0.4, -0.2) is 18.2 Å². The summed E-state index contributed by atoms with van der Waals surface area (Å²) in [5, 5.41) is 5.83. The zero-order valence-electron chi connectivity index (χ0n) is 13.8. The summed E-state index contributed by atoms with van der Waals surface area (Å²) in [7, 11) is 0. The number of ether oxygens (including phenoxy) is 1. The molecular formula is C20H17IN2O2. The van der Waals surface area contributed by atoms with Gasteiger partial charge in [-0.05, 0) is 65.4 Å². The number of benzene rings is 2. The molecule has 126 valence electrons. The summed E-state index contributed by atoms with van der Waals surface area (Å²) in [4.78, 5) is 12.7. The van der Waals surface area contributed by atoms with E-state index in [1.807, 2.05) is 61.5 Å². The Kier molecular flexibility index (Phi) is 5.33. The molecule has 0 N–H and O–H groups in total. The molecule has 0 radical (unpaired) electrons. The smallest absolute Gasteiger partial charge is 0.280 e. The number of rotatable bonds is 5. The lowest BCUT2D eigenvalue weighted by atomic mass is 10.1. The van der Waals surface area contributed by atoms with E-state index in [-0.39, 0.29) is 5.91 Å². The van der Waals surface area contributed by atoms with Crippen molar-refractivity contribution in [3.8, 4) is 5.75 Å². The van der Waals surface area contributed by atoms with Gasteiger partial charge in [0, 0.05) is 0 Å². The van der Waals surface area contributed by atoms with Crippen molar-refractivity contribution >= 4 is 46.0 Å². The third-order valence-electron chi connectivity index (χ3n) is 3.69. The molecule has 1 heterocycles. The van der Waals surface area contributed by atoms with Gasteiger partial charge in [0.05, 0.1) is 20.5 Å². The van der Waals surface area contributed by atoms with Crippen LogP contribution in [0.15, 0.2) is 71.9 Å². The molecule has 0 spiro atoms. The van der Waals surface area contributed by atoms with Gasteiger partial charge in [0.1, 0.15) is 12.4 Å². The van der Waals surface area contributed by atoms with Crippen molar-refractivity contribution in [3.05, 3.63) is 75.9 Å². The van der Waals surface area contributed by atoms with Gasteiger partial charge < -0.3 is 4.74 Å². The fourth-order valence-corrected chi connectivity index (χ4v) is 3.16. The fraction of sp³-hybridized carbons (Fsp3) is 0.100. The van der Waals surface area contributed by atoms with E-state index in [9.17, 15) is 4.79 Å². The first kappa shape index (κ1) is 17.4. The summed E-state index contributed by atoms with van der Waals surface area (Å²) in [6, 6.07) is 15.2. The van der Waals surface area contributed by atoms with E-state index in [0.717, 1.165) is 20.6 Å². The minimum absolute atomic E-state index is 0.120. The van der Waals surface area contributed by atoms with Gasteiger partial charge >= 0.3 is 0 Å². The molecule has 0 atom stereocenters. The number of halogens is 1. The van der Waals surface area contributed by atoms with E-state index < -0.39 is 0 Å². The molecule has 25 heavy (non-hydrogen) atoms. The average molecular weight is 444 g/mol. The predicted molar refractivity (Wildman–Crippen MR) is 110 cm³/mol. The molecule has 1 aliphatic rings. The Bertz CT molecular complexity index is 873. The predicted octanol–water partition coefficient (Wildman–Crippen LogP) is 4.66. The Balaban J connectivity index is 1.87. The Labute approximate surface area is 160 Å². The molecule has 5 heteroatoms. The molecule has 2 aromatic carbocycles. The second-order valence-electron chi connectivity index (χ2n) is 5.49. The molecule has 4 nitrogen and oxygen atoms in total. The second kappa shape index (κ2) is 7.65. The molecule has 0 fully saturated rings. The fourth-order valence-electron chi connectivity index (χ4n) is 2.47. The van der Waals surface area contributed by atoms with Crippen molar-refractivity contribution < 1.29 is 9.53 Å². The summed E-state index contributed by atoms with van der Waals surface area (Å²) in [6.07, 6.45) is 3.57. The van der Waals surface area contributed by atoms with E-state index >= 15 is 0 Å². The van der Waals surface area contributed by atoms with Gasteiger partial charge in [-0.25, -0.2) is 0 Å². The van der Waals surface area contributed by atoms with Crippen molar-refractivity contribution in [2.24, 2.45) is 5.10 Å². The molecule has 1 aliphatic heterocycles. The highest BCUT2D eigenvalue weighted by Crippen LogP contribution is 2.27. The van der Waals surface area contributed by atoms with Gasteiger partial charge in [0.15, 0.2) is 0 Å². The lowest BCUT2D eigenvalue weighted by Crippen LogP contribution is -2.21. The first-order valence-electron chi connectivity index (χ1n) is 7.80. The molecular weight excluding hydrogens is 427 g/mol. The Morgan fingerprint density at radius 3 is 2.68 bits per heavy atom. The van der Waals surface area contributed by atoms with Gasteiger partial charge in [-0.2, -0.15) is 10.1 Å². The normalized spacial score (nSPS) is 15.4. The summed E-state index contributed by atoms with van der Waals surface area (Å²) >= 11 is 2.22. The highest BCUT2D eigenvalue weighted by molar-refractivity contribution is 14.1. The monoisotopic (exact) mass is 444 g/mol. The van der Waals surface area contributed by atoms with Crippen LogP contribution in [0.25, 0.3) is 6.08 Å². The Hall–Kier alpha value is -2.41. The van der Waals surface area contributed by atoms with Crippen LogP contribution in [0, 0.1) is 3.57 Å². The lowest BCUT2D eigenvalue weighted by Gasteiger charge is -2.11. The van der Waals surface area contributed by atoms with E-state index in [2.05, 4.69) is 34.3 Å². The average Bonchev–Trinajstić information content (AvgIpc) is 2.90. The second-order valence-corrected chi connectivity index (χ2v) is 6.65. The largest absolute Gasteiger partial charge is 0.488 e.